The Bertz CT molecular complexity index is 784. The number of phenols is 1. The van der Waals surface area contributed by atoms with Crippen molar-refractivity contribution in [3.8, 4) is 23.0 Å². The molecule has 0 bridgehead atoms. The van der Waals surface area contributed by atoms with Gasteiger partial charge in [0.05, 0.1) is 27.4 Å². The molecule has 0 spiro atoms. The molecule has 2 aromatic carbocycles. The third-order valence-electron chi connectivity index (χ3n) is 3.73. The van der Waals surface area contributed by atoms with E-state index in [-0.39, 0.29) is 29.7 Å². The standard InChI is InChI=1S/C20H27N3O4.HI/c1-5-21-20(22-13-14-7-9-17(25-3)16(24)11-14)23-15-8-10-18(27-6-2)19(12-15)26-4;/h7-12,24H,5-6,13H2,1-4H3,(H2,21,22,23);1H. The van der Waals surface area contributed by atoms with Crippen LogP contribution >= 0.6 is 24.0 Å². The van der Waals surface area contributed by atoms with Crippen LogP contribution in [0.1, 0.15) is 19.4 Å². The summed E-state index contributed by atoms with van der Waals surface area (Å²) in [6.07, 6.45) is 0. The third-order valence-corrected chi connectivity index (χ3v) is 3.73. The number of hydrogen-bond donors (Lipinski definition) is 3. The second-order valence-corrected chi connectivity index (χ2v) is 5.63. The number of halogens is 1. The Morgan fingerprint density at radius 3 is 2.32 bits per heavy atom. The maximum Gasteiger partial charge on any atom is 0.196 e. The van der Waals surface area contributed by atoms with Crippen molar-refractivity contribution in [2.75, 3.05) is 32.7 Å². The zero-order valence-electron chi connectivity index (χ0n) is 16.6. The van der Waals surface area contributed by atoms with Crippen LogP contribution in [-0.2, 0) is 6.54 Å². The van der Waals surface area contributed by atoms with Crippen molar-refractivity contribution in [2.45, 2.75) is 20.4 Å². The summed E-state index contributed by atoms with van der Waals surface area (Å²) in [6, 6.07) is 10.8. The number of guanidine groups is 1. The van der Waals surface area contributed by atoms with Crippen LogP contribution in [0.5, 0.6) is 23.0 Å². The van der Waals surface area contributed by atoms with Crippen LogP contribution in [0.15, 0.2) is 41.4 Å². The Kier molecular flexibility index (Phi) is 10.3. The summed E-state index contributed by atoms with van der Waals surface area (Å²) in [5.74, 6) is 2.51. The van der Waals surface area contributed by atoms with Gasteiger partial charge >= 0.3 is 0 Å². The molecule has 0 fully saturated rings. The molecule has 0 aliphatic rings. The van der Waals surface area contributed by atoms with Gasteiger partial charge < -0.3 is 30.0 Å². The number of phenolic OH excluding ortho intramolecular Hbond substituents is 1. The lowest BCUT2D eigenvalue weighted by Crippen LogP contribution is -2.30. The minimum atomic E-state index is 0. The fourth-order valence-corrected chi connectivity index (χ4v) is 2.47. The van der Waals surface area contributed by atoms with Crippen LogP contribution in [0.4, 0.5) is 5.69 Å². The number of methoxy groups -OCH3 is 2. The van der Waals surface area contributed by atoms with E-state index in [2.05, 4.69) is 15.6 Å². The quantitative estimate of drug-likeness (QED) is 0.288. The molecule has 0 unspecified atom stereocenters. The highest BCUT2D eigenvalue weighted by Crippen LogP contribution is 2.30. The van der Waals surface area contributed by atoms with Crippen molar-refractivity contribution in [3.63, 3.8) is 0 Å². The van der Waals surface area contributed by atoms with E-state index in [1.165, 1.54) is 7.11 Å². The van der Waals surface area contributed by atoms with Gasteiger partial charge in [-0.15, -0.1) is 24.0 Å². The van der Waals surface area contributed by atoms with Gasteiger partial charge in [-0.1, -0.05) is 6.07 Å². The van der Waals surface area contributed by atoms with Gasteiger partial charge in [-0.25, -0.2) is 4.99 Å². The van der Waals surface area contributed by atoms with E-state index in [9.17, 15) is 5.11 Å². The molecule has 0 amide bonds. The molecule has 0 heterocycles. The van der Waals surface area contributed by atoms with Gasteiger partial charge in [-0.05, 0) is 43.7 Å². The van der Waals surface area contributed by atoms with Gasteiger partial charge in [0.15, 0.2) is 29.0 Å². The first-order valence-corrected chi connectivity index (χ1v) is 8.83. The van der Waals surface area contributed by atoms with Crippen LogP contribution in [0.2, 0.25) is 0 Å². The van der Waals surface area contributed by atoms with Crippen LogP contribution in [0.3, 0.4) is 0 Å². The van der Waals surface area contributed by atoms with E-state index in [1.54, 1.807) is 19.2 Å². The average molecular weight is 501 g/mol. The summed E-state index contributed by atoms with van der Waals surface area (Å²) >= 11 is 0. The highest BCUT2D eigenvalue weighted by molar-refractivity contribution is 14.0. The van der Waals surface area contributed by atoms with E-state index in [4.69, 9.17) is 14.2 Å². The normalized spacial score (nSPS) is 10.6. The minimum absolute atomic E-state index is 0. The lowest BCUT2D eigenvalue weighted by atomic mass is 10.2. The van der Waals surface area contributed by atoms with Gasteiger partial charge in [0, 0.05) is 18.3 Å². The molecule has 0 radical (unpaired) electrons. The molecule has 154 valence electrons. The number of ether oxygens (including phenoxy) is 3. The van der Waals surface area contributed by atoms with Crippen LogP contribution in [-0.4, -0.2) is 38.4 Å². The molecule has 2 rings (SSSR count). The molecule has 8 heteroatoms. The van der Waals surface area contributed by atoms with Gasteiger partial charge in [0.1, 0.15) is 0 Å². The number of aromatic hydroxyl groups is 1. The average Bonchev–Trinajstić information content (AvgIpc) is 2.67. The summed E-state index contributed by atoms with van der Waals surface area (Å²) < 4.78 is 16.0. The molecule has 2 aromatic rings. The summed E-state index contributed by atoms with van der Waals surface area (Å²) in [7, 11) is 3.13. The van der Waals surface area contributed by atoms with Crippen LogP contribution in [0.25, 0.3) is 0 Å². The smallest absolute Gasteiger partial charge is 0.196 e. The second kappa shape index (κ2) is 12.2. The molecule has 0 aliphatic carbocycles. The number of nitrogens with one attached hydrogen (secondary N) is 2. The number of anilines is 1. The van der Waals surface area contributed by atoms with Crippen LogP contribution < -0.4 is 24.8 Å². The highest BCUT2D eigenvalue weighted by atomic mass is 127. The molecule has 7 nitrogen and oxygen atoms in total. The Morgan fingerprint density at radius 1 is 1.00 bits per heavy atom. The zero-order valence-corrected chi connectivity index (χ0v) is 18.9. The van der Waals surface area contributed by atoms with E-state index in [0.717, 1.165) is 11.3 Å². The molecule has 0 aliphatic heterocycles. The molecule has 0 saturated heterocycles. The molecule has 28 heavy (non-hydrogen) atoms. The van der Waals surface area contributed by atoms with Gasteiger partial charge in [-0.2, -0.15) is 0 Å². The van der Waals surface area contributed by atoms with Crippen LogP contribution in [0, 0.1) is 0 Å². The van der Waals surface area contributed by atoms with Crippen molar-refractivity contribution in [2.24, 2.45) is 4.99 Å². The fourth-order valence-electron chi connectivity index (χ4n) is 2.47. The molecule has 0 atom stereocenters. The first kappa shape index (κ1) is 23.7. The second-order valence-electron chi connectivity index (χ2n) is 5.63. The monoisotopic (exact) mass is 501 g/mol. The maximum absolute atomic E-state index is 9.89. The first-order valence-electron chi connectivity index (χ1n) is 8.83. The van der Waals surface area contributed by atoms with Crippen molar-refractivity contribution in [1.29, 1.82) is 0 Å². The number of hydrogen-bond acceptors (Lipinski definition) is 5. The highest BCUT2D eigenvalue weighted by Gasteiger charge is 2.07. The largest absolute Gasteiger partial charge is 0.504 e. The van der Waals surface area contributed by atoms with Crippen molar-refractivity contribution >= 4 is 35.6 Å². The molecule has 0 saturated carbocycles. The molecule has 0 aromatic heterocycles. The zero-order chi connectivity index (χ0) is 19.6. The SMILES string of the molecule is CCNC(=NCc1ccc(OC)c(O)c1)Nc1ccc(OCC)c(OC)c1.I. The van der Waals surface area contributed by atoms with E-state index in [1.807, 2.05) is 38.1 Å². The van der Waals surface area contributed by atoms with Gasteiger partial charge in [-0.3, -0.25) is 0 Å². The number of benzene rings is 2. The molecular weight excluding hydrogens is 473 g/mol. The predicted octanol–water partition coefficient (Wildman–Crippen LogP) is 4.00. The predicted molar refractivity (Wildman–Crippen MR) is 123 cm³/mol. The maximum atomic E-state index is 9.89. The van der Waals surface area contributed by atoms with Crippen molar-refractivity contribution in [1.82, 2.24) is 5.32 Å². The number of rotatable bonds is 8. The van der Waals surface area contributed by atoms with Crippen molar-refractivity contribution < 1.29 is 19.3 Å². The van der Waals surface area contributed by atoms with Crippen molar-refractivity contribution in [3.05, 3.63) is 42.0 Å². The summed E-state index contributed by atoms with van der Waals surface area (Å²) in [5.41, 5.74) is 1.70. The third kappa shape index (κ3) is 6.66. The lowest BCUT2D eigenvalue weighted by molar-refractivity contribution is 0.311. The number of nitrogens with zero attached hydrogens (tertiary/aromatic N) is 1. The van der Waals surface area contributed by atoms with Gasteiger partial charge in [0.2, 0.25) is 0 Å². The summed E-state index contributed by atoms with van der Waals surface area (Å²) in [5, 5.41) is 16.3. The fraction of sp³-hybridized carbons (Fsp3) is 0.350. The summed E-state index contributed by atoms with van der Waals surface area (Å²) in [4.78, 5) is 4.56. The number of aliphatic imine (C=N–C) groups is 1. The van der Waals surface area contributed by atoms with Gasteiger partial charge in [0.25, 0.3) is 0 Å². The molecular formula is C20H28IN3O4. The minimum Gasteiger partial charge on any atom is -0.504 e. The Balaban J connectivity index is 0.00000392. The van der Waals surface area contributed by atoms with E-state index in [0.29, 0.717) is 42.9 Å². The Morgan fingerprint density at radius 2 is 1.71 bits per heavy atom. The Hall–Kier alpha value is -2.36. The summed E-state index contributed by atoms with van der Waals surface area (Å²) in [6.45, 7) is 5.62. The Labute approximate surface area is 183 Å². The molecule has 3 N–H and O–H groups in total. The van der Waals surface area contributed by atoms with E-state index < -0.39 is 0 Å². The topological polar surface area (TPSA) is 84.3 Å². The van der Waals surface area contributed by atoms with E-state index >= 15 is 0 Å². The first-order chi connectivity index (χ1) is 13.1. The lowest BCUT2D eigenvalue weighted by Gasteiger charge is -2.14.